The van der Waals surface area contributed by atoms with Crippen LogP contribution in [0.5, 0.6) is 5.75 Å². The third kappa shape index (κ3) is 2.65. The van der Waals surface area contributed by atoms with E-state index in [2.05, 4.69) is 10.1 Å². The van der Waals surface area contributed by atoms with Crippen molar-refractivity contribution in [2.75, 3.05) is 7.11 Å². The van der Waals surface area contributed by atoms with Gasteiger partial charge in [-0.3, -0.25) is 9.89 Å². The minimum Gasteiger partial charge on any atom is -1.00 e. The minimum absolute atomic E-state index is 0. The first-order valence-electron chi connectivity index (χ1n) is 5.91. The van der Waals surface area contributed by atoms with Crippen molar-refractivity contribution in [3.63, 3.8) is 0 Å². The average Bonchev–Trinajstić information content (AvgIpc) is 2.80. The topological polar surface area (TPSA) is 59.4 Å². The molecule has 0 bridgehead atoms. The molecular weight excluding hydrogens is 265 g/mol. The van der Waals surface area contributed by atoms with Crippen LogP contribution in [0.1, 0.15) is 7.12 Å². The second-order valence-corrected chi connectivity index (χ2v) is 4.34. The third-order valence-electron chi connectivity index (χ3n) is 2.96. The minimum atomic E-state index is -0.121. The summed E-state index contributed by atoms with van der Waals surface area (Å²) in [6.45, 7) is 1.89. The van der Waals surface area contributed by atoms with Gasteiger partial charge in [-0.1, -0.05) is 0 Å². The van der Waals surface area contributed by atoms with E-state index in [1.165, 1.54) is 10.6 Å². The summed E-state index contributed by atoms with van der Waals surface area (Å²) in [5.74, 6) is 0.777. The van der Waals surface area contributed by atoms with Gasteiger partial charge in [-0.25, -0.2) is 9.50 Å². The van der Waals surface area contributed by atoms with Gasteiger partial charge < -0.3 is 6.16 Å². The Balaban J connectivity index is 0.00000110. The molecule has 6 heteroatoms. The molecule has 20 heavy (non-hydrogen) atoms. The molecule has 0 saturated carbocycles. The van der Waals surface area contributed by atoms with Crippen LogP contribution in [0, 0.1) is 6.92 Å². The Labute approximate surface area is 139 Å². The number of nitrogens with one attached hydrogen (secondary N) is 1. The molecule has 3 rings (SSSR count). The molecule has 5 nitrogen and oxygen atoms in total. The quantitative estimate of drug-likeness (QED) is 0.620. The number of H-pyrrole nitrogens is 1. The van der Waals surface area contributed by atoms with Crippen LogP contribution in [0.3, 0.4) is 0 Å². The smallest absolute Gasteiger partial charge is 1.00 e. The van der Waals surface area contributed by atoms with E-state index in [-0.39, 0.29) is 36.5 Å². The number of fused-ring (bicyclic) bond motifs is 1. The van der Waals surface area contributed by atoms with E-state index in [1.54, 1.807) is 7.11 Å². The van der Waals surface area contributed by atoms with Gasteiger partial charge in [0.05, 0.1) is 12.8 Å². The number of benzene rings is 1. The zero-order valence-corrected chi connectivity index (χ0v) is 13.7. The molecule has 98 valence electrons. The molecule has 0 amide bonds. The second kappa shape index (κ2) is 5.83. The van der Waals surface area contributed by atoms with Crippen molar-refractivity contribution in [3.05, 3.63) is 52.4 Å². The number of aryl methyl sites for hydroxylation is 1. The van der Waals surface area contributed by atoms with Crippen molar-refractivity contribution in [2.24, 2.45) is 0 Å². The van der Waals surface area contributed by atoms with E-state index in [4.69, 9.17) is 4.74 Å². The van der Waals surface area contributed by atoms with Gasteiger partial charge in [0, 0.05) is 23.4 Å². The summed E-state index contributed by atoms with van der Waals surface area (Å²) in [5.41, 5.74) is 2.95. The van der Waals surface area contributed by atoms with Crippen molar-refractivity contribution in [1.29, 1.82) is 0 Å². The van der Waals surface area contributed by atoms with Gasteiger partial charge in [-0.05, 0) is 31.2 Å². The Morgan fingerprint density at radius 1 is 1.25 bits per heavy atom. The molecule has 0 aliphatic carbocycles. The third-order valence-corrected chi connectivity index (χ3v) is 2.96. The summed E-state index contributed by atoms with van der Waals surface area (Å²) < 4.78 is 6.54. The number of ether oxygens (including phenoxy) is 1. The fourth-order valence-corrected chi connectivity index (χ4v) is 2.02. The van der Waals surface area contributed by atoms with Gasteiger partial charge in [0.1, 0.15) is 5.75 Å². The van der Waals surface area contributed by atoms with Crippen LogP contribution in [0.2, 0.25) is 0 Å². The summed E-state index contributed by atoms with van der Waals surface area (Å²) >= 11 is 0. The second-order valence-electron chi connectivity index (χ2n) is 4.34. The predicted molar refractivity (Wildman–Crippen MR) is 73.6 cm³/mol. The fraction of sp³-hybridized carbons (Fsp3) is 0.143. The summed E-state index contributed by atoms with van der Waals surface area (Å²) in [5, 5.41) is 2.95. The number of hydrogen-bond acceptors (Lipinski definition) is 3. The Hall–Kier alpha value is -1.56. The molecule has 1 aromatic carbocycles. The molecule has 1 N–H and O–H groups in total. The first-order chi connectivity index (χ1) is 9.17. The molecule has 0 aliphatic heterocycles. The molecular formula is C14H14N3NaO2. The van der Waals surface area contributed by atoms with Crippen LogP contribution in [0.25, 0.3) is 16.9 Å². The first kappa shape index (κ1) is 14.8. The molecule has 2 heterocycles. The number of aromatic amines is 1. The number of hydrogen-bond donors (Lipinski definition) is 1. The van der Waals surface area contributed by atoms with Gasteiger partial charge >= 0.3 is 29.6 Å². The zero-order valence-electron chi connectivity index (χ0n) is 12.7. The number of aromatic nitrogens is 3. The maximum absolute atomic E-state index is 12.0. The zero-order chi connectivity index (χ0) is 13.4. The molecule has 0 atom stereocenters. The predicted octanol–water partition coefficient (Wildman–Crippen LogP) is -0.877. The molecule has 0 spiro atoms. The van der Waals surface area contributed by atoms with Gasteiger partial charge in [0.2, 0.25) is 0 Å². The molecule has 3 aromatic rings. The van der Waals surface area contributed by atoms with Crippen molar-refractivity contribution in [3.8, 4) is 17.0 Å². The maximum Gasteiger partial charge on any atom is 1.00 e. The Bertz CT molecular complexity index is 796. The molecule has 0 fully saturated rings. The first-order valence-corrected chi connectivity index (χ1v) is 5.91. The van der Waals surface area contributed by atoms with Crippen LogP contribution in [0.15, 0.2) is 41.2 Å². The van der Waals surface area contributed by atoms with Crippen LogP contribution >= 0.6 is 0 Å². The van der Waals surface area contributed by atoms with E-state index < -0.39 is 0 Å². The van der Waals surface area contributed by atoms with E-state index in [0.29, 0.717) is 11.3 Å². The van der Waals surface area contributed by atoms with Gasteiger partial charge in [-0.15, -0.1) is 0 Å². The Morgan fingerprint density at radius 3 is 2.60 bits per heavy atom. The van der Waals surface area contributed by atoms with E-state index in [0.717, 1.165) is 17.0 Å². The SMILES string of the molecule is COc1ccc(-c2cc(=O)n3[nH]c(C)cc3n2)cc1.[H-].[Na+]. The van der Waals surface area contributed by atoms with Crippen molar-refractivity contribution in [1.82, 2.24) is 14.6 Å². The molecule has 0 unspecified atom stereocenters. The van der Waals surface area contributed by atoms with Crippen molar-refractivity contribution < 1.29 is 35.7 Å². The summed E-state index contributed by atoms with van der Waals surface area (Å²) in [4.78, 5) is 16.4. The summed E-state index contributed by atoms with van der Waals surface area (Å²) in [6, 6.07) is 10.8. The van der Waals surface area contributed by atoms with Crippen molar-refractivity contribution in [2.45, 2.75) is 6.92 Å². The van der Waals surface area contributed by atoms with E-state index in [1.807, 2.05) is 37.3 Å². The normalized spacial score (nSPS) is 10.3. The van der Waals surface area contributed by atoms with Gasteiger partial charge in [0.25, 0.3) is 5.56 Å². The van der Waals surface area contributed by atoms with E-state index >= 15 is 0 Å². The number of rotatable bonds is 2. The van der Waals surface area contributed by atoms with Crippen LogP contribution in [0.4, 0.5) is 0 Å². The molecule has 0 radical (unpaired) electrons. The number of nitrogens with zero attached hydrogens (tertiary/aromatic N) is 2. The fourth-order valence-electron chi connectivity index (χ4n) is 2.02. The summed E-state index contributed by atoms with van der Waals surface area (Å²) in [6.07, 6.45) is 0. The standard InChI is InChI=1S/C14H13N3O2.Na.H/c1-9-7-13-15-12(8-14(18)17(13)16-9)10-3-5-11(19-2)6-4-10;;/h3-8,16H,1-2H3;;/q;+1;-1. The van der Waals surface area contributed by atoms with Crippen LogP contribution in [-0.4, -0.2) is 21.7 Å². The molecule has 0 saturated heterocycles. The van der Waals surface area contributed by atoms with E-state index in [9.17, 15) is 4.79 Å². The van der Waals surface area contributed by atoms with Crippen LogP contribution in [-0.2, 0) is 0 Å². The molecule has 2 aromatic heterocycles. The molecule has 0 aliphatic rings. The Morgan fingerprint density at radius 2 is 1.95 bits per heavy atom. The average molecular weight is 279 g/mol. The number of methoxy groups -OCH3 is 1. The summed E-state index contributed by atoms with van der Waals surface area (Å²) in [7, 11) is 1.62. The maximum atomic E-state index is 12.0. The van der Waals surface area contributed by atoms with Crippen LogP contribution < -0.4 is 39.9 Å². The largest absolute Gasteiger partial charge is 1.00 e. The van der Waals surface area contributed by atoms with Crippen molar-refractivity contribution >= 4 is 5.65 Å². The van der Waals surface area contributed by atoms with Gasteiger partial charge in [-0.2, -0.15) is 0 Å². The Kier molecular flexibility index (Phi) is 4.32. The monoisotopic (exact) mass is 279 g/mol. The van der Waals surface area contributed by atoms with Gasteiger partial charge in [0.15, 0.2) is 5.65 Å².